The third kappa shape index (κ3) is 6.68. The van der Waals surface area contributed by atoms with Gasteiger partial charge in [0.1, 0.15) is 0 Å². The lowest BCUT2D eigenvalue weighted by atomic mass is 10.1. The summed E-state index contributed by atoms with van der Waals surface area (Å²) in [4.78, 5) is 27.8. The van der Waals surface area contributed by atoms with Gasteiger partial charge in [0.15, 0.2) is 11.6 Å². The molecule has 2 aliphatic heterocycles. The standard InChI is InChI=1S/C29H37N7O5S2/c1-3-41-26(37)8-5-9-36-25-7-4-6-22(23(25)19-30-36)28-31-24-18-21(20-33-10-12-35(13-11-33)43(2,38)39)42-27(24)29(32-28)34-14-16-40-17-15-34/h4,6-7,18-19H,3,5,8-17,20H2,1-2H3. The Kier molecular flexibility index (Phi) is 8.91. The van der Waals surface area contributed by atoms with E-state index in [-0.39, 0.29) is 5.97 Å². The fraction of sp³-hybridized carbons (Fsp3) is 0.517. The van der Waals surface area contributed by atoms with Crippen LogP contribution in [0.2, 0.25) is 0 Å². The van der Waals surface area contributed by atoms with Gasteiger partial charge in [-0.15, -0.1) is 11.3 Å². The number of piperazine rings is 1. The van der Waals surface area contributed by atoms with Gasteiger partial charge in [-0.05, 0) is 25.5 Å². The van der Waals surface area contributed by atoms with Crippen molar-refractivity contribution >= 4 is 54.3 Å². The van der Waals surface area contributed by atoms with Gasteiger partial charge in [-0.2, -0.15) is 9.40 Å². The molecule has 1 aromatic carbocycles. The number of carbonyl (C=O) groups is 1. The lowest BCUT2D eigenvalue weighted by Crippen LogP contribution is -2.47. The monoisotopic (exact) mass is 627 g/mol. The van der Waals surface area contributed by atoms with Crippen LogP contribution in [0.15, 0.2) is 30.5 Å². The summed E-state index contributed by atoms with van der Waals surface area (Å²) in [5.41, 5.74) is 2.78. The molecular formula is C29H37N7O5S2. The molecule has 0 unspecified atom stereocenters. The highest BCUT2D eigenvalue weighted by molar-refractivity contribution is 7.88. The zero-order valence-corrected chi connectivity index (χ0v) is 26.2. The summed E-state index contributed by atoms with van der Waals surface area (Å²) in [7, 11) is -3.17. The molecule has 4 aromatic rings. The SMILES string of the molecule is CCOC(=O)CCCn1ncc2c(-c3nc(N4CCOCC4)c4sc(CN5CCN(S(C)(=O)=O)CC5)cc4n3)cccc21. The number of aromatic nitrogens is 4. The summed E-state index contributed by atoms with van der Waals surface area (Å²) < 4.78 is 39.1. The number of thiophene rings is 1. The fourth-order valence-electron chi connectivity index (χ4n) is 5.67. The van der Waals surface area contributed by atoms with Crippen molar-refractivity contribution in [2.45, 2.75) is 32.9 Å². The molecule has 2 saturated heterocycles. The van der Waals surface area contributed by atoms with Gasteiger partial charge in [0.05, 0.1) is 48.0 Å². The normalized spacial score (nSPS) is 17.2. The summed E-state index contributed by atoms with van der Waals surface area (Å²) in [5, 5.41) is 5.59. The van der Waals surface area contributed by atoms with Crippen molar-refractivity contribution in [3.05, 3.63) is 35.3 Å². The van der Waals surface area contributed by atoms with E-state index in [0.717, 1.165) is 52.1 Å². The van der Waals surface area contributed by atoms with E-state index in [1.807, 2.05) is 36.0 Å². The number of aryl methyl sites for hydroxylation is 1. The Morgan fingerprint density at radius 2 is 1.88 bits per heavy atom. The smallest absolute Gasteiger partial charge is 0.305 e. The van der Waals surface area contributed by atoms with Crippen LogP contribution in [0.3, 0.4) is 0 Å². The molecule has 6 rings (SSSR count). The molecule has 0 aliphatic carbocycles. The second kappa shape index (κ2) is 12.8. The number of benzene rings is 1. The predicted molar refractivity (Wildman–Crippen MR) is 167 cm³/mol. The average molecular weight is 628 g/mol. The minimum Gasteiger partial charge on any atom is -0.466 e. The Hall–Kier alpha value is -3.17. The molecule has 43 heavy (non-hydrogen) atoms. The summed E-state index contributed by atoms with van der Waals surface area (Å²) >= 11 is 1.71. The number of esters is 1. The number of fused-ring (bicyclic) bond motifs is 2. The van der Waals surface area contributed by atoms with Crippen molar-refractivity contribution in [3.8, 4) is 11.4 Å². The lowest BCUT2D eigenvalue weighted by molar-refractivity contribution is -0.143. The number of rotatable bonds is 10. The van der Waals surface area contributed by atoms with Crippen LogP contribution in [0.1, 0.15) is 24.6 Å². The van der Waals surface area contributed by atoms with Gasteiger partial charge in [-0.3, -0.25) is 14.4 Å². The van der Waals surface area contributed by atoms with E-state index in [1.165, 1.54) is 11.1 Å². The molecule has 5 heterocycles. The molecule has 12 nitrogen and oxygen atoms in total. The van der Waals surface area contributed by atoms with Crippen LogP contribution in [0.5, 0.6) is 0 Å². The molecule has 0 atom stereocenters. The zero-order chi connectivity index (χ0) is 30.0. The van der Waals surface area contributed by atoms with E-state index in [9.17, 15) is 13.2 Å². The third-order valence-corrected chi connectivity index (χ3v) is 10.3. The highest BCUT2D eigenvalue weighted by Gasteiger charge is 2.25. The van der Waals surface area contributed by atoms with Crippen LogP contribution in [-0.4, -0.2) is 109 Å². The molecule has 0 amide bonds. The highest BCUT2D eigenvalue weighted by atomic mass is 32.2. The third-order valence-electron chi connectivity index (χ3n) is 7.88. The number of hydrogen-bond acceptors (Lipinski definition) is 11. The predicted octanol–water partition coefficient (Wildman–Crippen LogP) is 2.97. The molecule has 14 heteroatoms. The first-order chi connectivity index (χ1) is 20.8. The molecule has 0 spiro atoms. The van der Waals surface area contributed by atoms with Gasteiger partial charge in [-0.25, -0.2) is 18.4 Å². The first-order valence-electron chi connectivity index (χ1n) is 14.7. The van der Waals surface area contributed by atoms with Crippen LogP contribution in [0.25, 0.3) is 32.5 Å². The molecule has 0 saturated carbocycles. The molecule has 3 aromatic heterocycles. The van der Waals surface area contributed by atoms with Crippen molar-refractivity contribution in [2.75, 3.05) is 70.2 Å². The Morgan fingerprint density at radius 3 is 2.63 bits per heavy atom. The van der Waals surface area contributed by atoms with Crippen molar-refractivity contribution < 1.29 is 22.7 Å². The largest absolute Gasteiger partial charge is 0.466 e. The van der Waals surface area contributed by atoms with E-state index >= 15 is 0 Å². The maximum Gasteiger partial charge on any atom is 0.305 e. The quantitative estimate of drug-likeness (QED) is 0.243. The van der Waals surface area contributed by atoms with Crippen LogP contribution in [-0.2, 0) is 37.4 Å². The number of carbonyl (C=O) groups excluding carboxylic acids is 1. The number of ether oxygens (including phenoxy) is 2. The Balaban J connectivity index is 1.30. The minimum atomic E-state index is -3.17. The van der Waals surface area contributed by atoms with Gasteiger partial charge >= 0.3 is 5.97 Å². The first-order valence-corrected chi connectivity index (χ1v) is 17.4. The topological polar surface area (TPSA) is 123 Å². The molecule has 230 valence electrons. The van der Waals surface area contributed by atoms with Crippen molar-refractivity contribution in [2.24, 2.45) is 0 Å². The minimum absolute atomic E-state index is 0.191. The Morgan fingerprint density at radius 1 is 1.09 bits per heavy atom. The highest BCUT2D eigenvalue weighted by Crippen LogP contribution is 2.36. The van der Waals surface area contributed by atoms with Crippen molar-refractivity contribution in [1.82, 2.24) is 29.0 Å². The summed E-state index contributed by atoms with van der Waals surface area (Å²) in [5.74, 6) is 1.38. The maximum absolute atomic E-state index is 11.9. The summed E-state index contributed by atoms with van der Waals surface area (Å²) in [6, 6.07) is 8.21. The second-order valence-electron chi connectivity index (χ2n) is 10.9. The summed E-state index contributed by atoms with van der Waals surface area (Å²) in [6.45, 7) is 8.77. The Bertz CT molecular complexity index is 1710. The molecule has 0 N–H and O–H groups in total. The van der Waals surface area contributed by atoms with Crippen LogP contribution >= 0.6 is 11.3 Å². The fourth-order valence-corrected chi connectivity index (χ4v) is 7.66. The first kappa shape index (κ1) is 29.9. The average Bonchev–Trinajstić information content (AvgIpc) is 3.60. The molecule has 0 radical (unpaired) electrons. The number of anilines is 1. The number of morpholine rings is 1. The van der Waals surface area contributed by atoms with Crippen molar-refractivity contribution in [1.29, 1.82) is 0 Å². The molecule has 2 aliphatic rings. The van der Waals surface area contributed by atoms with Gasteiger partial charge in [0.2, 0.25) is 10.0 Å². The second-order valence-corrected chi connectivity index (χ2v) is 14.0. The van der Waals surface area contributed by atoms with Crippen LogP contribution in [0, 0.1) is 0 Å². The van der Waals surface area contributed by atoms with E-state index in [2.05, 4.69) is 21.0 Å². The van der Waals surface area contributed by atoms with E-state index in [4.69, 9.17) is 19.4 Å². The number of nitrogens with zero attached hydrogens (tertiary/aromatic N) is 7. The van der Waals surface area contributed by atoms with Gasteiger partial charge < -0.3 is 14.4 Å². The van der Waals surface area contributed by atoms with Crippen LogP contribution < -0.4 is 4.90 Å². The molecule has 0 bridgehead atoms. The van der Waals surface area contributed by atoms with E-state index < -0.39 is 10.0 Å². The molecular weight excluding hydrogens is 590 g/mol. The number of hydrogen-bond donors (Lipinski definition) is 0. The molecule has 2 fully saturated rings. The number of sulfonamides is 1. The summed E-state index contributed by atoms with van der Waals surface area (Å²) in [6.07, 6.45) is 4.12. The maximum atomic E-state index is 11.9. The van der Waals surface area contributed by atoms with Gasteiger partial charge in [0.25, 0.3) is 0 Å². The van der Waals surface area contributed by atoms with Gasteiger partial charge in [0, 0.05) is 74.6 Å². The van der Waals surface area contributed by atoms with E-state index in [0.29, 0.717) is 71.2 Å². The van der Waals surface area contributed by atoms with Crippen LogP contribution in [0.4, 0.5) is 5.82 Å². The van der Waals surface area contributed by atoms with E-state index in [1.54, 1.807) is 15.6 Å². The van der Waals surface area contributed by atoms with Gasteiger partial charge in [-0.1, -0.05) is 12.1 Å². The Labute approximate surface area is 255 Å². The lowest BCUT2D eigenvalue weighted by Gasteiger charge is -2.32. The van der Waals surface area contributed by atoms with Crippen molar-refractivity contribution in [3.63, 3.8) is 0 Å². The zero-order valence-electron chi connectivity index (χ0n) is 24.6.